The first kappa shape index (κ1) is 15.3. The van der Waals surface area contributed by atoms with Crippen molar-refractivity contribution in [2.24, 2.45) is 5.10 Å². The number of amides is 1. The van der Waals surface area contributed by atoms with E-state index in [0.29, 0.717) is 16.9 Å². The monoisotopic (exact) mass is 396 g/mol. The summed E-state index contributed by atoms with van der Waals surface area (Å²) in [6.45, 7) is 0. The van der Waals surface area contributed by atoms with Gasteiger partial charge < -0.3 is 9.84 Å². The molecule has 0 aliphatic rings. The van der Waals surface area contributed by atoms with Gasteiger partial charge in [0.25, 0.3) is 5.91 Å². The number of hydrogen-bond donors (Lipinski definition) is 2. The molecule has 5 nitrogen and oxygen atoms in total. The van der Waals surface area contributed by atoms with E-state index in [-0.39, 0.29) is 11.7 Å². The number of carbonyl (C=O) groups is 1. The average Bonchev–Trinajstić information content (AvgIpc) is 2.48. The van der Waals surface area contributed by atoms with Crippen LogP contribution >= 0.6 is 22.6 Å². The van der Waals surface area contributed by atoms with Crippen LogP contribution in [0.5, 0.6) is 11.5 Å². The lowest BCUT2D eigenvalue weighted by molar-refractivity contribution is 0.0955. The molecule has 0 aromatic heterocycles. The van der Waals surface area contributed by atoms with Gasteiger partial charge >= 0.3 is 0 Å². The number of rotatable bonds is 4. The third-order valence-corrected chi connectivity index (χ3v) is 3.34. The summed E-state index contributed by atoms with van der Waals surface area (Å²) >= 11 is 2.14. The van der Waals surface area contributed by atoms with Crippen LogP contribution < -0.4 is 10.2 Å². The molecule has 0 spiro atoms. The van der Waals surface area contributed by atoms with E-state index in [2.05, 4.69) is 33.1 Å². The van der Waals surface area contributed by atoms with Crippen LogP contribution in [0.3, 0.4) is 0 Å². The standard InChI is InChI=1S/C15H13IN2O3/c1-21-14-7-10(5-6-13(14)19)9-17-18-15(20)11-3-2-4-12(16)8-11/h2-9,19H,1H3,(H,18,20)/b17-9-. The summed E-state index contributed by atoms with van der Waals surface area (Å²) in [6.07, 6.45) is 1.48. The number of halogens is 1. The van der Waals surface area contributed by atoms with E-state index in [1.165, 1.54) is 19.4 Å². The third-order valence-electron chi connectivity index (χ3n) is 2.67. The smallest absolute Gasteiger partial charge is 0.271 e. The zero-order valence-corrected chi connectivity index (χ0v) is 13.4. The molecule has 0 aliphatic heterocycles. The number of nitrogens with zero attached hydrogens (tertiary/aromatic N) is 1. The Kier molecular flexibility index (Phi) is 5.15. The lowest BCUT2D eigenvalue weighted by atomic mass is 10.2. The topological polar surface area (TPSA) is 70.9 Å². The zero-order chi connectivity index (χ0) is 15.2. The summed E-state index contributed by atoms with van der Waals surface area (Å²) in [5, 5.41) is 13.4. The van der Waals surface area contributed by atoms with Crippen molar-refractivity contribution < 1.29 is 14.6 Å². The van der Waals surface area contributed by atoms with Crippen LogP contribution in [-0.4, -0.2) is 24.3 Å². The third kappa shape index (κ3) is 4.19. The van der Waals surface area contributed by atoms with Crippen molar-refractivity contribution in [2.45, 2.75) is 0 Å². The molecule has 1 amide bonds. The van der Waals surface area contributed by atoms with Crippen molar-refractivity contribution in [2.75, 3.05) is 7.11 Å². The van der Waals surface area contributed by atoms with Crippen molar-refractivity contribution in [1.29, 1.82) is 0 Å². The molecule has 2 N–H and O–H groups in total. The maximum Gasteiger partial charge on any atom is 0.271 e. The molecule has 2 rings (SSSR count). The molecule has 0 unspecified atom stereocenters. The molecule has 108 valence electrons. The summed E-state index contributed by atoms with van der Waals surface area (Å²) in [6, 6.07) is 12.0. The van der Waals surface area contributed by atoms with Crippen LogP contribution in [0.1, 0.15) is 15.9 Å². The SMILES string of the molecule is COc1cc(/C=N\NC(=O)c2cccc(I)c2)ccc1O. The van der Waals surface area contributed by atoms with Gasteiger partial charge in [-0.05, 0) is 64.6 Å². The normalized spacial score (nSPS) is 10.6. The molecule has 2 aromatic carbocycles. The highest BCUT2D eigenvalue weighted by molar-refractivity contribution is 14.1. The maximum absolute atomic E-state index is 11.9. The predicted octanol–water partition coefficient (Wildman–Crippen LogP) is 2.77. The van der Waals surface area contributed by atoms with Gasteiger partial charge in [-0.25, -0.2) is 5.43 Å². The minimum atomic E-state index is -0.282. The van der Waals surface area contributed by atoms with E-state index in [0.717, 1.165) is 3.57 Å². The van der Waals surface area contributed by atoms with E-state index in [4.69, 9.17) is 4.74 Å². The van der Waals surface area contributed by atoms with Crippen LogP contribution in [0.25, 0.3) is 0 Å². The molecule has 2 aromatic rings. The minimum Gasteiger partial charge on any atom is -0.504 e. The first-order chi connectivity index (χ1) is 10.1. The van der Waals surface area contributed by atoms with Crippen molar-refractivity contribution in [3.05, 3.63) is 57.2 Å². The number of phenolic OH excluding ortho intramolecular Hbond substituents is 1. The quantitative estimate of drug-likeness (QED) is 0.475. The maximum atomic E-state index is 11.9. The molecule has 0 fully saturated rings. The van der Waals surface area contributed by atoms with E-state index in [9.17, 15) is 9.90 Å². The van der Waals surface area contributed by atoms with Gasteiger partial charge in [-0.1, -0.05) is 6.07 Å². The average molecular weight is 396 g/mol. The molecule has 0 saturated carbocycles. The van der Waals surface area contributed by atoms with Crippen LogP contribution in [-0.2, 0) is 0 Å². The van der Waals surface area contributed by atoms with Crippen LogP contribution in [0.4, 0.5) is 0 Å². The Morgan fingerprint density at radius 3 is 2.86 bits per heavy atom. The first-order valence-corrected chi connectivity index (χ1v) is 7.14. The molecule has 0 bridgehead atoms. The molecule has 6 heteroatoms. The van der Waals surface area contributed by atoms with E-state index in [1.54, 1.807) is 24.3 Å². The first-order valence-electron chi connectivity index (χ1n) is 6.06. The fraction of sp³-hybridized carbons (Fsp3) is 0.0667. The Morgan fingerprint density at radius 2 is 2.14 bits per heavy atom. The van der Waals surface area contributed by atoms with Crippen molar-refractivity contribution in [3.8, 4) is 11.5 Å². The molecule has 21 heavy (non-hydrogen) atoms. The van der Waals surface area contributed by atoms with Gasteiger partial charge in [-0.15, -0.1) is 0 Å². The summed E-state index contributed by atoms with van der Waals surface area (Å²) in [5.41, 5.74) is 3.70. The number of carbonyl (C=O) groups excluding carboxylic acids is 1. The van der Waals surface area contributed by atoms with Gasteiger partial charge in [-0.2, -0.15) is 5.10 Å². The molecular formula is C15H13IN2O3. The van der Waals surface area contributed by atoms with E-state index in [1.807, 2.05) is 12.1 Å². The summed E-state index contributed by atoms with van der Waals surface area (Å²) in [5.74, 6) is 0.121. The number of nitrogens with one attached hydrogen (secondary N) is 1. The second-order valence-electron chi connectivity index (χ2n) is 4.14. The van der Waals surface area contributed by atoms with E-state index < -0.39 is 0 Å². The second kappa shape index (κ2) is 7.07. The van der Waals surface area contributed by atoms with Gasteiger partial charge in [0.2, 0.25) is 0 Å². The van der Waals surface area contributed by atoms with Crippen molar-refractivity contribution in [1.82, 2.24) is 5.43 Å². The Balaban J connectivity index is 2.04. The number of hydrogen-bond acceptors (Lipinski definition) is 4. The molecule has 0 heterocycles. The highest BCUT2D eigenvalue weighted by Gasteiger charge is 2.04. The van der Waals surface area contributed by atoms with E-state index >= 15 is 0 Å². The highest BCUT2D eigenvalue weighted by Crippen LogP contribution is 2.25. The molecular weight excluding hydrogens is 383 g/mol. The van der Waals surface area contributed by atoms with Gasteiger partial charge in [0.15, 0.2) is 11.5 Å². The van der Waals surface area contributed by atoms with Gasteiger partial charge in [-0.3, -0.25) is 4.79 Å². The Labute approximate surface area is 135 Å². The molecule has 0 saturated heterocycles. The predicted molar refractivity (Wildman–Crippen MR) is 88.9 cm³/mol. The lowest BCUT2D eigenvalue weighted by Gasteiger charge is -2.03. The number of ether oxygens (including phenoxy) is 1. The molecule has 0 radical (unpaired) electrons. The number of methoxy groups -OCH3 is 1. The van der Waals surface area contributed by atoms with Crippen LogP contribution in [0, 0.1) is 3.57 Å². The number of aromatic hydroxyl groups is 1. The molecule has 0 atom stereocenters. The fourth-order valence-electron chi connectivity index (χ4n) is 1.63. The largest absolute Gasteiger partial charge is 0.504 e. The Hall–Kier alpha value is -2.09. The number of benzene rings is 2. The summed E-state index contributed by atoms with van der Waals surface area (Å²) in [4.78, 5) is 11.9. The van der Waals surface area contributed by atoms with Gasteiger partial charge in [0, 0.05) is 9.13 Å². The number of phenols is 1. The van der Waals surface area contributed by atoms with Crippen LogP contribution in [0.2, 0.25) is 0 Å². The highest BCUT2D eigenvalue weighted by atomic mass is 127. The van der Waals surface area contributed by atoms with Gasteiger partial charge in [0.1, 0.15) is 0 Å². The fourth-order valence-corrected chi connectivity index (χ4v) is 2.18. The Morgan fingerprint density at radius 1 is 1.33 bits per heavy atom. The Bertz CT molecular complexity index is 686. The number of hydrazone groups is 1. The van der Waals surface area contributed by atoms with Crippen molar-refractivity contribution >= 4 is 34.7 Å². The summed E-state index contributed by atoms with van der Waals surface area (Å²) in [7, 11) is 1.47. The zero-order valence-electron chi connectivity index (χ0n) is 11.2. The molecule has 0 aliphatic carbocycles. The van der Waals surface area contributed by atoms with Gasteiger partial charge in [0.05, 0.1) is 13.3 Å². The second-order valence-corrected chi connectivity index (χ2v) is 5.39. The van der Waals surface area contributed by atoms with Crippen molar-refractivity contribution in [3.63, 3.8) is 0 Å². The minimum absolute atomic E-state index is 0.0533. The summed E-state index contributed by atoms with van der Waals surface area (Å²) < 4.78 is 5.97. The van der Waals surface area contributed by atoms with Crippen LogP contribution in [0.15, 0.2) is 47.6 Å². The lowest BCUT2D eigenvalue weighted by Crippen LogP contribution is -2.17.